The fourth-order valence-corrected chi connectivity index (χ4v) is 1.04. The zero-order valence-corrected chi connectivity index (χ0v) is 9.22. The first-order valence-corrected chi connectivity index (χ1v) is 4.94. The summed E-state index contributed by atoms with van der Waals surface area (Å²) in [6.45, 7) is 0.204. The number of ether oxygens (including phenoxy) is 1. The van der Waals surface area contributed by atoms with Crippen LogP contribution in [0.5, 0.6) is 0 Å². The van der Waals surface area contributed by atoms with Crippen molar-refractivity contribution in [3.8, 4) is 0 Å². The van der Waals surface area contributed by atoms with E-state index in [1.54, 1.807) is 0 Å². The third kappa shape index (κ3) is 5.86. The summed E-state index contributed by atoms with van der Waals surface area (Å²) in [6, 6.07) is 0. The van der Waals surface area contributed by atoms with Crippen molar-refractivity contribution < 1.29 is 35.8 Å². The van der Waals surface area contributed by atoms with Gasteiger partial charge >= 0.3 is 17.9 Å². The maximum Gasteiger partial charge on any atom is 0.336 e. The fourth-order valence-electron chi connectivity index (χ4n) is 1.04. The maximum atomic E-state index is 11.2. The summed E-state index contributed by atoms with van der Waals surface area (Å²) in [5.41, 5.74) is -2.65. The Morgan fingerprint density at radius 1 is 1.29 bits per heavy atom. The van der Waals surface area contributed by atoms with Crippen molar-refractivity contribution >= 4 is 17.9 Å². The van der Waals surface area contributed by atoms with E-state index in [2.05, 4.69) is 4.74 Å². The highest BCUT2D eigenvalue weighted by atomic mass is 16.5. The Morgan fingerprint density at radius 2 is 1.94 bits per heavy atom. The van der Waals surface area contributed by atoms with Crippen LogP contribution in [0.3, 0.4) is 0 Å². The molecule has 0 fully saturated rings. The van der Waals surface area contributed by atoms with Crippen LogP contribution in [0.25, 0.3) is 0 Å². The van der Waals surface area contributed by atoms with Crippen molar-refractivity contribution in [1.82, 2.24) is 0 Å². The molecule has 0 amide bonds. The second-order valence-corrected chi connectivity index (χ2v) is 3.51. The molecule has 98 valence electrons. The Kier molecular flexibility index (Phi) is 5.41. The second kappa shape index (κ2) is 6.85. The molecule has 1 atom stereocenters. The molecule has 3 N–H and O–H groups in total. The number of carboxylic acid groups (broad SMARTS) is 2. The Bertz CT molecular complexity index is 317. The van der Waals surface area contributed by atoms with Gasteiger partial charge in [0.1, 0.15) is 0 Å². The Balaban J connectivity index is 4.28. The summed E-state index contributed by atoms with van der Waals surface area (Å²) in [5, 5.41) is 26.7. The van der Waals surface area contributed by atoms with Gasteiger partial charge in [-0.2, -0.15) is 0 Å². The first kappa shape index (κ1) is 13.4. The third-order valence-corrected chi connectivity index (χ3v) is 1.94. The van der Waals surface area contributed by atoms with Crippen LogP contribution >= 0.6 is 0 Å². The lowest BCUT2D eigenvalue weighted by atomic mass is 9.96. The molecule has 7 nitrogen and oxygen atoms in total. The Morgan fingerprint density at radius 3 is 2.41 bits per heavy atom. The van der Waals surface area contributed by atoms with E-state index in [1.807, 2.05) is 0 Å². The van der Waals surface area contributed by atoms with Crippen LogP contribution in [0.2, 0.25) is 0 Å². The first-order chi connectivity index (χ1) is 8.31. The predicted octanol–water partition coefficient (Wildman–Crippen LogP) is 0.0102. The first-order valence-electron chi connectivity index (χ1n) is 5.65. The molecule has 0 aromatic heterocycles. The maximum absolute atomic E-state index is 11.2. The number of aliphatic hydroxyl groups is 1. The Hall–Kier alpha value is -1.63. The molecule has 0 aromatic rings. The lowest BCUT2D eigenvalue weighted by molar-refractivity contribution is -0.172. The lowest BCUT2D eigenvalue weighted by Gasteiger charge is -2.20. The highest BCUT2D eigenvalue weighted by Crippen LogP contribution is 2.17. The minimum absolute atomic E-state index is 0.0144. The van der Waals surface area contributed by atoms with Crippen molar-refractivity contribution in [3.63, 3.8) is 0 Å². The summed E-state index contributed by atoms with van der Waals surface area (Å²) in [5.74, 6) is -4.29. The van der Waals surface area contributed by atoms with Crippen molar-refractivity contribution in [2.45, 2.75) is 38.2 Å². The highest BCUT2D eigenvalue weighted by molar-refractivity contribution is 5.88. The topological polar surface area (TPSA) is 121 Å². The lowest BCUT2D eigenvalue weighted by Crippen LogP contribution is -2.43. The van der Waals surface area contributed by atoms with Gasteiger partial charge in [0.05, 0.1) is 19.4 Å². The van der Waals surface area contributed by atoms with Crippen LogP contribution in [0.4, 0.5) is 0 Å². The van der Waals surface area contributed by atoms with E-state index in [9.17, 15) is 19.5 Å². The molecule has 0 spiro atoms. The van der Waals surface area contributed by atoms with E-state index in [0.29, 0.717) is 12.8 Å². The van der Waals surface area contributed by atoms with Gasteiger partial charge in [0.2, 0.25) is 0 Å². The van der Waals surface area contributed by atoms with E-state index >= 15 is 0 Å². The number of aliphatic carboxylic acids is 2. The molecular formula is C10H16O7. The molecule has 1 unspecified atom stereocenters. The number of unbranched alkanes of at least 4 members (excludes halogenated alkanes) is 1. The molecule has 0 aliphatic carbocycles. The molecule has 0 aliphatic rings. The van der Waals surface area contributed by atoms with Crippen molar-refractivity contribution in [2.24, 2.45) is 0 Å². The SMILES string of the molecule is [2H]CCCCOC(=O)CC(O)(CC(=O)O)C(=O)O. The van der Waals surface area contributed by atoms with Gasteiger partial charge in [0, 0.05) is 1.37 Å². The number of carbonyl (C=O) groups is 3. The molecule has 0 aromatic carbocycles. The molecule has 0 heterocycles. The standard InChI is InChI=1S/C10H16O7/c1-2-3-4-17-8(13)6-10(16,9(14)15)5-7(11)12/h16H,2-6H2,1H3,(H,11,12)(H,14,15)/i1D. The van der Waals surface area contributed by atoms with Crippen LogP contribution in [-0.2, 0) is 19.1 Å². The van der Waals surface area contributed by atoms with Gasteiger partial charge in [-0.15, -0.1) is 0 Å². The van der Waals surface area contributed by atoms with Crippen LogP contribution in [0.1, 0.15) is 34.0 Å². The summed E-state index contributed by atoms with van der Waals surface area (Å²) in [4.78, 5) is 32.3. The van der Waals surface area contributed by atoms with Gasteiger partial charge in [-0.25, -0.2) is 4.79 Å². The van der Waals surface area contributed by atoms with Crippen LogP contribution in [-0.4, -0.2) is 45.4 Å². The van der Waals surface area contributed by atoms with Crippen LogP contribution in [0, 0.1) is 0 Å². The van der Waals surface area contributed by atoms with Gasteiger partial charge in [0.15, 0.2) is 5.60 Å². The third-order valence-electron chi connectivity index (χ3n) is 1.94. The normalized spacial score (nSPS) is 14.5. The minimum Gasteiger partial charge on any atom is -0.481 e. The second-order valence-electron chi connectivity index (χ2n) is 3.51. The van der Waals surface area contributed by atoms with Gasteiger partial charge in [-0.05, 0) is 6.42 Å². The van der Waals surface area contributed by atoms with Crippen molar-refractivity contribution in [3.05, 3.63) is 0 Å². The average molecular weight is 249 g/mol. The van der Waals surface area contributed by atoms with E-state index < -0.39 is 36.4 Å². The van der Waals surface area contributed by atoms with Gasteiger partial charge in [-0.1, -0.05) is 13.3 Å². The van der Waals surface area contributed by atoms with E-state index in [0.717, 1.165) is 0 Å². The number of carboxylic acids is 2. The van der Waals surface area contributed by atoms with E-state index in [1.165, 1.54) is 0 Å². The molecule has 0 rings (SSSR count). The molecular weight excluding hydrogens is 232 g/mol. The molecule has 7 heteroatoms. The van der Waals surface area contributed by atoms with Crippen LogP contribution < -0.4 is 0 Å². The molecule has 0 radical (unpaired) electrons. The zero-order valence-electron chi connectivity index (χ0n) is 10.2. The summed E-state index contributed by atoms with van der Waals surface area (Å²) in [6.07, 6.45) is -1.01. The number of hydrogen-bond donors (Lipinski definition) is 3. The van der Waals surface area contributed by atoms with Crippen molar-refractivity contribution in [1.29, 1.82) is 0 Å². The van der Waals surface area contributed by atoms with E-state index in [-0.39, 0.29) is 13.5 Å². The van der Waals surface area contributed by atoms with Crippen LogP contribution in [0.15, 0.2) is 0 Å². The smallest absolute Gasteiger partial charge is 0.336 e. The largest absolute Gasteiger partial charge is 0.481 e. The molecule has 0 aliphatic heterocycles. The number of rotatable bonds is 8. The van der Waals surface area contributed by atoms with E-state index in [4.69, 9.17) is 11.6 Å². The highest BCUT2D eigenvalue weighted by Gasteiger charge is 2.41. The molecule has 0 saturated heterocycles. The van der Waals surface area contributed by atoms with Gasteiger partial charge < -0.3 is 20.1 Å². The summed E-state index contributed by atoms with van der Waals surface area (Å²) in [7, 11) is 0. The molecule has 0 bridgehead atoms. The monoisotopic (exact) mass is 249 g/mol. The Labute approximate surface area is 99.4 Å². The quantitative estimate of drug-likeness (QED) is 0.409. The number of esters is 1. The summed E-state index contributed by atoms with van der Waals surface area (Å²) >= 11 is 0. The predicted molar refractivity (Wildman–Crippen MR) is 55.3 cm³/mol. The van der Waals surface area contributed by atoms with Crippen molar-refractivity contribution in [2.75, 3.05) is 6.61 Å². The summed E-state index contributed by atoms with van der Waals surface area (Å²) < 4.78 is 11.5. The average Bonchev–Trinajstić information content (AvgIpc) is 2.23. The number of hydrogen-bond acceptors (Lipinski definition) is 5. The minimum atomic E-state index is -2.65. The number of carbonyl (C=O) groups excluding carboxylic acids is 1. The van der Waals surface area contributed by atoms with Gasteiger partial charge in [-0.3, -0.25) is 9.59 Å². The fraction of sp³-hybridized carbons (Fsp3) is 0.700. The molecule has 17 heavy (non-hydrogen) atoms. The zero-order chi connectivity index (χ0) is 14.2. The van der Waals surface area contributed by atoms with Gasteiger partial charge in [0.25, 0.3) is 0 Å². The molecule has 0 saturated carbocycles.